The zero-order valence-corrected chi connectivity index (χ0v) is 10.6. The Labute approximate surface area is 114 Å². The number of hydrogen-bond acceptors (Lipinski definition) is 5. The second kappa shape index (κ2) is 5.96. The van der Waals surface area contributed by atoms with E-state index in [1.54, 1.807) is 24.3 Å². The lowest BCUT2D eigenvalue weighted by Crippen LogP contribution is -2.19. The van der Waals surface area contributed by atoms with Crippen molar-refractivity contribution < 1.29 is 14.1 Å². The Bertz CT molecular complexity index is 584. The minimum Gasteiger partial charge on any atom is -0.484 e. The predicted octanol–water partition coefficient (Wildman–Crippen LogP) is 1.59. The van der Waals surface area contributed by atoms with Gasteiger partial charge in [-0.2, -0.15) is 0 Å². The predicted molar refractivity (Wildman–Crippen MR) is 73.2 cm³/mol. The maximum absolute atomic E-state index is 11.8. The molecule has 0 saturated heterocycles. The number of rotatable bonds is 5. The van der Waals surface area contributed by atoms with Crippen molar-refractivity contribution in [1.82, 2.24) is 5.16 Å². The summed E-state index contributed by atoms with van der Waals surface area (Å²) >= 11 is 4.73. The number of anilines is 1. The molecule has 0 atom stereocenters. The van der Waals surface area contributed by atoms with Gasteiger partial charge < -0.3 is 20.3 Å². The molecule has 0 unspecified atom stereocenters. The molecule has 0 aliphatic heterocycles. The molecule has 3 N–H and O–H groups in total. The molecule has 1 aromatic carbocycles. The molecule has 0 radical (unpaired) electrons. The number of hydrogen-bond donors (Lipinski definition) is 2. The fraction of sp³-hybridized carbons (Fsp3) is 0.0833. The van der Waals surface area contributed by atoms with Crippen molar-refractivity contribution >= 4 is 28.8 Å². The number of carbonyl (C=O) groups excluding carboxylic acids is 1. The zero-order chi connectivity index (χ0) is 13.7. The summed E-state index contributed by atoms with van der Waals surface area (Å²) in [5, 5.41) is 6.21. The number of nitrogens with two attached hydrogens (primary N) is 1. The largest absolute Gasteiger partial charge is 0.484 e. The number of para-hydroxylation sites is 2. The lowest BCUT2D eigenvalue weighted by Gasteiger charge is -2.11. The van der Waals surface area contributed by atoms with Crippen molar-refractivity contribution in [2.45, 2.75) is 0 Å². The van der Waals surface area contributed by atoms with Crippen LogP contribution < -0.4 is 15.8 Å². The van der Waals surface area contributed by atoms with Crippen LogP contribution in [0.1, 0.15) is 10.5 Å². The lowest BCUT2D eigenvalue weighted by molar-refractivity contribution is 0.101. The smallest absolute Gasteiger partial charge is 0.277 e. The number of nitrogens with one attached hydrogen (secondary N) is 1. The van der Waals surface area contributed by atoms with E-state index >= 15 is 0 Å². The van der Waals surface area contributed by atoms with Gasteiger partial charge in [-0.3, -0.25) is 4.79 Å². The Morgan fingerprint density at radius 1 is 1.42 bits per heavy atom. The standard InChI is InChI=1S/C12H11N3O3S/c13-11(19)7-17-10-4-2-1-3-8(10)14-12(16)9-5-6-18-15-9/h1-6H,7H2,(H2,13,19)(H,14,16). The topological polar surface area (TPSA) is 90.4 Å². The van der Waals surface area contributed by atoms with Gasteiger partial charge in [0.2, 0.25) is 0 Å². The molecule has 0 saturated carbocycles. The molecule has 98 valence electrons. The fourth-order valence-electron chi connectivity index (χ4n) is 1.36. The molecule has 0 fully saturated rings. The van der Waals surface area contributed by atoms with E-state index in [2.05, 4.69) is 15.0 Å². The first kappa shape index (κ1) is 13.0. The Balaban J connectivity index is 2.11. The molecule has 1 heterocycles. The molecule has 19 heavy (non-hydrogen) atoms. The quantitative estimate of drug-likeness (QED) is 0.807. The van der Waals surface area contributed by atoms with Crippen LogP contribution in [0.5, 0.6) is 5.75 Å². The van der Waals surface area contributed by atoms with Gasteiger partial charge >= 0.3 is 0 Å². The normalized spacial score (nSPS) is 9.89. The number of thiocarbonyl (C=S) groups is 1. The summed E-state index contributed by atoms with van der Waals surface area (Å²) in [6.07, 6.45) is 1.32. The molecule has 0 spiro atoms. The van der Waals surface area contributed by atoms with Crippen molar-refractivity contribution in [2.24, 2.45) is 5.73 Å². The second-order valence-electron chi connectivity index (χ2n) is 3.59. The van der Waals surface area contributed by atoms with Crippen LogP contribution in [0.3, 0.4) is 0 Å². The molecule has 2 rings (SSSR count). The molecule has 1 aromatic heterocycles. The summed E-state index contributed by atoms with van der Waals surface area (Å²) in [5.41, 5.74) is 6.06. The molecule has 0 aliphatic rings. The number of amides is 1. The summed E-state index contributed by atoms with van der Waals surface area (Å²) in [6, 6.07) is 8.42. The van der Waals surface area contributed by atoms with Crippen LogP contribution in [0.25, 0.3) is 0 Å². The molecular formula is C12H11N3O3S. The second-order valence-corrected chi connectivity index (χ2v) is 4.11. The first-order valence-corrected chi connectivity index (χ1v) is 5.79. The Hall–Kier alpha value is -2.41. The number of benzene rings is 1. The Morgan fingerprint density at radius 3 is 2.89 bits per heavy atom. The number of nitrogens with zero attached hydrogens (tertiary/aromatic N) is 1. The number of aromatic nitrogens is 1. The van der Waals surface area contributed by atoms with Gasteiger partial charge in [0.1, 0.15) is 23.6 Å². The maximum atomic E-state index is 11.8. The van der Waals surface area contributed by atoms with Crippen molar-refractivity contribution in [3.05, 3.63) is 42.3 Å². The van der Waals surface area contributed by atoms with E-state index in [0.717, 1.165) is 0 Å². The fourth-order valence-corrected chi connectivity index (χ4v) is 1.42. The highest BCUT2D eigenvalue weighted by Crippen LogP contribution is 2.24. The van der Waals surface area contributed by atoms with Crippen LogP contribution in [-0.4, -0.2) is 22.7 Å². The number of carbonyl (C=O) groups is 1. The highest BCUT2D eigenvalue weighted by molar-refractivity contribution is 7.80. The van der Waals surface area contributed by atoms with E-state index in [9.17, 15) is 4.79 Å². The molecule has 6 nitrogen and oxygen atoms in total. The molecule has 2 aromatic rings. The highest BCUT2D eigenvalue weighted by atomic mass is 32.1. The number of ether oxygens (including phenoxy) is 1. The molecule has 7 heteroatoms. The third kappa shape index (κ3) is 3.52. The monoisotopic (exact) mass is 277 g/mol. The molecule has 0 aliphatic carbocycles. The molecular weight excluding hydrogens is 266 g/mol. The van der Waals surface area contributed by atoms with E-state index in [1.165, 1.54) is 12.3 Å². The first-order valence-electron chi connectivity index (χ1n) is 5.38. The Kier molecular flexibility index (Phi) is 4.09. The first-order chi connectivity index (χ1) is 9.16. The summed E-state index contributed by atoms with van der Waals surface area (Å²) in [7, 11) is 0. The van der Waals surface area contributed by atoms with Crippen molar-refractivity contribution in [3.63, 3.8) is 0 Å². The van der Waals surface area contributed by atoms with Gasteiger partial charge in [0, 0.05) is 6.07 Å². The van der Waals surface area contributed by atoms with E-state index in [1.807, 2.05) is 0 Å². The highest BCUT2D eigenvalue weighted by Gasteiger charge is 2.12. The van der Waals surface area contributed by atoms with Crippen LogP contribution in [0.15, 0.2) is 41.1 Å². The van der Waals surface area contributed by atoms with E-state index in [-0.39, 0.29) is 23.2 Å². The van der Waals surface area contributed by atoms with Crippen LogP contribution in [0.4, 0.5) is 5.69 Å². The van der Waals surface area contributed by atoms with Crippen LogP contribution >= 0.6 is 12.2 Å². The van der Waals surface area contributed by atoms with E-state index in [0.29, 0.717) is 11.4 Å². The SMILES string of the molecule is NC(=S)COc1ccccc1NC(=O)c1ccon1. The van der Waals surface area contributed by atoms with Crippen LogP contribution in [0.2, 0.25) is 0 Å². The van der Waals surface area contributed by atoms with Crippen molar-refractivity contribution in [2.75, 3.05) is 11.9 Å². The van der Waals surface area contributed by atoms with E-state index in [4.69, 9.17) is 22.7 Å². The van der Waals surface area contributed by atoms with Gasteiger partial charge in [-0.05, 0) is 12.1 Å². The summed E-state index contributed by atoms with van der Waals surface area (Å²) < 4.78 is 10.00. The molecule has 0 bridgehead atoms. The Morgan fingerprint density at radius 2 is 2.21 bits per heavy atom. The minimum absolute atomic E-state index is 0.103. The van der Waals surface area contributed by atoms with Gasteiger partial charge in [0.25, 0.3) is 5.91 Å². The van der Waals surface area contributed by atoms with E-state index < -0.39 is 0 Å². The summed E-state index contributed by atoms with van der Waals surface area (Å²) in [6.45, 7) is 0.103. The average Bonchev–Trinajstić information content (AvgIpc) is 2.91. The minimum atomic E-state index is -0.389. The lowest BCUT2D eigenvalue weighted by atomic mass is 10.3. The van der Waals surface area contributed by atoms with Crippen molar-refractivity contribution in [3.8, 4) is 5.75 Å². The van der Waals surface area contributed by atoms with Crippen LogP contribution in [0, 0.1) is 0 Å². The van der Waals surface area contributed by atoms with Gasteiger partial charge in [0.15, 0.2) is 5.69 Å². The third-order valence-corrected chi connectivity index (χ3v) is 2.29. The maximum Gasteiger partial charge on any atom is 0.277 e. The van der Waals surface area contributed by atoms with Gasteiger partial charge in [-0.25, -0.2) is 0 Å². The van der Waals surface area contributed by atoms with Crippen LogP contribution in [-0.2, 0) is 0 Å². The van der Waals surface area contributed by atoms with Crippen molar-refractivity contribution in [1.29, 1.82) is 0 Å². The summed E-state index contributed by atoms with van der Waals surface area (Å²) in [4.78, 5) is 12.1. The average molecular weight is 277 g/mol. The van der Waals surface area contributed by atoms with Gasteiger partial charge in [-0.1, -0.05) is 29.5 Å². The molecule has 1 amide bonds. The van der Waals surface area contributed by atoms with Gasteiger partial charge in [-0.15, -0.1) is 0 Å². The zero-order valence-electron chi connectivity index (χ0n) is 9.83. The summed E-state index contributed by atoms with van der Waals surface area (Å²) in [5.74, 6) is 0.0901. The van der Waals surface area contributed by atoms with Gasteiger partial charge in [0.05, 0.1) is 5.69 Å². The third-order valence-electron chi connectivity index (χ3n) is 2.18.